The summed E-state index contributed by atoms with van der Waals surface area (Å²) in [5.41, 5.74) is -0.155. The van der Waals surface area contributed by atoms with E-state index in [4.69, 9.17) is 9.47 Å². The van der Waals surface area contributed by atoms with Gasteiger partial charge in [-0.15, -0.1) is 5.46 Å². The summed E-state index contributed by atoms with van der Waals surface area (Å²) in [6.45, 7) is -1.01. The highest BCUT2D eigenvalue weighted by Gasteiger charge is 2.25. The summed E-state index contributed by atoms with van der Waals surface area (Å²) < 4.78 is 47.3. The van der Waals surface area contributed by atoms with E-state index in [0.717, 1.165) is 12.1 Å². The van der Waals surface area contributed by atoms with Gasteiger partial charge in [-0.25, -0.2) is 0 Å². The second-order valence-corrected chi connectivity index (χ2v) is 3.35. The van der Waals surface area contributed by atoms with Crippen LogP contribution in [0.15, 0.2) is 18.2 Å². The topological polar surface area (TPSA) is 18.5 Å². The van der Waals surface area contributed by atoms with Crippen molar-refractivity contribution in [3.8, 4) is 5.75 Å². The van der Waals surface area contributed by atoms with Gasteiger partial charge in [0.05, 0.1) is 0 Å². The first-order chi connectivity index (χ1) is 7.45. The van der Waals surface area contributed by atoms with Gasteiger partial charge in [0.2, 0.25) is 0 Å². The predicted octanol–water partition coefficient (Wildman–Crippen LogP) is 2.42. The van der Waals surface area contributed by atoms with Gasteiger partial charge < -0.3 is 22.4 Å². The summed E-state index contributed by atoms with van der Waals surface area (Å²) in [4.78, 5) is 0. The molecule has 0 fully saturated rings. The molecule has 6 heteroatoms. The lowest BCUT2D eigenvalue weighted by molar-refractivity contribution is 0.0220. The maximum absolute atomic E-state index is 12.4. The standard InChI is InChI=1S/C10H13BF3O2/c1-3-15-7-16-10-5-4-9(6-8(10)2)11(12,13)14/h4-6H,3,7H2,1-2H3/q-1. The summed E-state index contributed by atoms with van der Waals surface area (Å²) in [6, 6.07) is 3.43. The molecule has 0 saturated heterocycles. The van der Waals surface area contributed by atoms with E-state index < -0.39 is 12.4 Å². The number of aryl methyl sites for hydroxylation is 1. The number of rotatable bonds is 5. The Morgan fingerprint density at radius 2 is 1.94 bits per heavy atom. The fourth-order valence-corrected chi connectivity index (χ4v) is 1.23. The number of hydrogen-bond acceptors (Lipinski definition) is 2. The van der Waals surface area contributed by atoms with E-state index in [-0.39, 0.29) is 6.79 Å². The van der Waals surface area contributed by atoms with Crippen LogP contribution in [-0.2, 0) is 4.74 Å². The third-order valence-corrected chi connectivity index (χ3v) is 2.08. The van der Waals surface area contributed by atoms with E-state index in [2.05, 4.69) is 0 Å². The number of ether oxygens (including phenoxy) is 2. The van der Waals surface area contributed by atoms with Gasteiger partial charge in [0.15, 0.2) is 6.79 Å². The van der Waals surface area contributed by atoms with E-state index in [0.29, 0.717) is 17.9 Å². The molecule has 0 radical (unpaired) electrons. The molecule has 0 unspecified atom stereocenters. The molecule has 0 amide bonds. The van der Waals surface area contributed by atoms with Crippen LogP contribution >= 0.6 is 0 Å². The molecule has 0 aliphatic carbocycles. The average Bonchev–Trinajstić information content (AvgIpc) is 2.19. The van der Waals surface area contributed by atoms with Crippen molar-refractivity contribution < 1.29 is 22.4 Å². The number of benzene rings is 1. The molecule has 0 N–H and O–H groups in total. The smallest absolute Gasteiger partial charge is 0.467 e. The summed E-state index contributed by atoms with van der Waals surface area (Å²) in [5.74, 6) is 0.414. The van der Waals surface area contributed by atoms with Crippen molar-refractivity contribution in [1.82, 2.24) is 0 Å². The first-order valence-corrected chi connectivity index (χ1v) is 4.96. The maximum atomic E-state index is 12.4. The maximum Gasteiger partial charge on any atom is 0.509 e. The van der Waals surface area contributed by atoms with Crippen LogP contribution in [0.5, 0.6) is 5.75 Å². The summed E-state index contributed by atoms with van der Waals surface area (Å²) in [5, 5.41) is 0. The van der Waals surface area contributed by atoms with Crippen molar-refractivity contribution in [2.24, 2.45) is 0 Å². The van der Waals surface area contributed by atoms with Crippen LogP contribution in [0.2, 0.25) is 0 Å². The van der Waals surface area contributed by atoms with Gasteiger partial charge in [-0.05, 0) is 25.5 Å². The van der Waals surface area contributed by atoms with Crippen molar-refractivity contribution in [1.29, 1.82) is 0 Å². The third kappa shape index (κ3) is 3.45. The monoisotopic (exact) mass is 233 g/mol. The molecule has 2 nitrogen and oxygen atoms in total. The fraction of sp³-hybridized carbons (Fsp3) is 0.400. The zero-order valence-electron chi connectivity index (χ0n) is 9.17. The molecular weight excluding hydrogens is 220 g/mol. The molecule has 0 aliphatic heterocycles. The van der Waals surface area contributed by atoms with Crippen molar-refractivity contribution >= 4 is 12.4 Å². The first kappa shape index (κ1) is 12.9. The molecular formula is C10H13BF3O2-. The summed E-state index contributed by atoms with van der Waals surface area (Å²) >= 11 is 0. The van der Waals surface area contributed by atoms with Gasteiger partial charge in [0, 0.05) is 6.61 Å². The highest BCUT2D eigenvalue weighted by atomic mass is 19.4. The Hall–Kier alpha value is -1.17. The SMILES string of the molecule is CCOCOc1ccc([B-](F)(F)F)cc1C. The van der Waals surface area contributed by atoms with Gasteiger partial charge in [-0.2, -0.15) is 0 Å². The molecule has 0 heterocycles. The molecule has 0 bridgehead atoms. The Morgan fingerprint density at radius 3 is 2.44 bits per heavy atom. The Bertz CT molecular complexity index is 352. The van der Waals surface area contributed by atoms with Crippen molar-refractivity contribution in [2.45, 2.75) is 13.8 Å². The van der Waals surface area contributed by atoms with Crippen LogP contribution < -0.4 is 10.2 Å². The summed E-state index contributed by atoms with van der Waals surface area (Å²) in [7, 11) is 0. The highest BCUT2D eigenvalue weighted by Crippen LogP contribution is 2.18. The zero-order chi connectivity index (χ0) is 12.2. The minimum absolute atomic E-state index is 0.0495. The van der Waals surface area contributed by atoms with E-state index in [1.165, 1.54) is 6.07 Å². The van der Waals surface area contributed by atoms with Crippen LogP contribution in [0.4, 0.5) is 12.9 Å². The number of hydrogen-bond donors (Lipinski definition) is 0. The van der Waals surface area contributed by atoms with E-state index >= 15 is 0 Å². The summed E-state index contributed by atoms with van der Waals surface area (Å²) in [6.07, 6.45) is 0. The third-order valence-electron chi connectivity index (χ3n) is 2.08. The number of halogens is 3. The van der Waals surface area contributed by atoms with Crippen molar-refractivity contribution in [2.75, 3.05) is 13.4 Å². The normalized spacial score (nSPS) is 11.6. The van der Waals surface area contributed by atoms with Crippen molar-refractivity contribution in [3.05, 3.63) is 23.8 Å². The Labute approximate surface area is 92.4 Å². The second-order valence-electron chi connectivity index (χ2n) is 3.35. The Morgan fingerprint density at radius 1 is 1.25 bits per heavy atom. The molecule has 1 aromatic carbocycles. The largest absolute Gasteiger partial charge is 0.509 e. The molecule has 0 spiro atoms. The van der Waals surface area contributed by atoms with Crippen LogP contribution in [0.3, 0.4) is 0 Å². The van der Waals surface area contributed by atoms with Gasteiger partial charge >= 0.3 is 6.98 Å². The Balaban J connectivity index is 2.76. The average molecular weight is 233 g/mol. The minimum atomic E-state index is -4.94. The lowest BCUT2D eigenvalue weighted by Crippen LogP contribution is -2.34. The van der Waals surface area contributed by atoms with E-state index in [1.54, 1.807) is 6.92 Å². The van der Waals surface area contributed by atoms with E-state index in [1.807, 2.05) is 6.92 Å². The molecule has 1 aromatic rings. The lowest BCUT2D eigenvalue weighted by atomic mass is 9.79. The zero-order valence-corrected chi connectivity index (χ0v) is 9.17. The quantitative estimate of drug-likeness (QED) is 0.441. The molecule has 0 aliphatic rings. The molecule has 1 rings (SSSR count). The molecule has 0 atom stereocenters. The predicted molar refractivity (Wildman–Crippen MR) is 57.0 cm³/mol. The lowest BCUT2D eigenvalue weighted by Gasteiger charge is -2.17. The fourth-order valence-electron chi connectivity index (χ4n) is 1.23. The first-order valence-electron chi connectivity index (χ1n) is 4.96. The Kier molecular flexibility index (Phi) is 4.23. The van der Waals surface area contributed by atoms with Crippen LogP contribution in [0.1, 0.15) is 12.5 Å². The van der Waals surface area contributed by atoms with Crippen LogP contribution in [-0.4, -0.2) is 20.4 Å². The molecule has 0 saturated carbocycles. The minimum Gasteiger partial charge on any atom is -0.467 e. The molecule has 0 aromatic heterocycles. The van der Waals surface area contributed by atoms with Gasteiger partial charge in [-0.3, -0.25) is 0 Å². The van der Waals surface area contributed by atoms with Crippen molar-refractivity contribution in [3.63, 3.8) is 0 Å². The highest BCUT2D eigenvalue weighted by molar-refractivity contribution is 6.73. The van der Waals surface area contributed by atoms with Gasteiger partial charge in [0.1, 0.15) is 5.75 Å². The molecule has 90 valence electrons. The molecule has 16 heavy (non-hydrogen) atoms. The van der Waals surface area contributed by atoms with Crippen LogP contribution in [0, 0.1) is 6.92 Å². The second kappa shape index (κ2) is 5.25. The van der Waals surface area contributed by atoms with Crippen LogP contribution in [0.25, 0.3) is 0 Å². The van der Waals surface area contributed by atoms with Gasteiger partial charge in [-0.1, -0.05) is 12.1 Å². The van der Waals surface area contributed by atoms with Gasteiger partial charge in [0.25, 0.3) is 0 Å². The van der Waals surface area contributed by atoms with E-state index in [9.17, 15) is 12.9 Å².